The zero-order chi connectivity index (χ0) is 28.1. The summed E-state index contributed by atoms with van der Waals surface area (Å²) in [5, 5.41) is 11.7. The molecule has 3 aromatic rings. The fourth-order valence-corrected chi connectivity index (χ4v) is 4.59. The monoisotopic (exact) mass is 570 g/mol. The second kappa shape index (κ2) is 12.1. The fourth-order valence-electron chi connectivity index (χ4n) is 3.44. The van der Waals surface area contributed by atoms with Gasteiger partial charge in [0.25, 0.3) is 0 Å². The number of amides is 1. The highest BCUT2D eigenvalue weighted by Gasteiger charge is 2.32. The van der Waals surface area contributed by atoms with Crippen LogP contribution in [0.15, 0.2) is 64.1 Å². The first-order chi connectivity index (χ1) is 17.7. The van der Waals surface area contributed by atoms with Crippen molar-refractivity contribution in [1.82, 2.24) is 4.90 Å². The largest absolute Gasteiger partial charge is 0.573 e. The number of carbonyl (C=O) groups is 2. The number of thioether (sulfide) groups is 1. The van der Waals surface area contributed by atoms with Crippen LogP contribution in [0.3, 0.4) is 0 Å². The predicted octanol–water partition coefficient (Wildman–Crippen LogP) is 6.74. The number of alkyl halides is 3. The molecule has 1 aromatic heterocycles. The van der Waals surface area contributed by atoms with E-state index >= 15 is 0 Å². The van der Waals surface area contributed by atoms with Gasteiger partial charge in [0.1, 0.15) is 16.3 Å². The Morgan fingerprint density at radius 3 is 2.39 bits per heavy atom. The summed E-state index contributed by atoms with van der Waals surface area (Å²) in [7, 11) is 0. The first kappa shape index (κ1) is 29.4. The van der Waals surface area contributed by atoms with Gasteiger partial charge in [0, 0.05) is 17.1 Å². The third-order valence-electron chi connectivity index (χ3n) is 5.32. The maximum absolute atomic E-state index is 12.9. The highest BCUT2D eigenvalue weighted by molar-refractivity contribution is 8.01. The lowest BCUT2D eigenvalue weighted by Crippen LogP contribution is -2.32. The quantitative estimate of drug-likeness (QED) is 0.247. The van der Waals surface area contributed by atoms with Crippen LogP contribution in [-0.2, 0) is 22.7 Å². The summed E-state index contributed by atoms with van der Waals surface area (Å²) in [6, 6.07) is 13.2. The van der Waals surface area contributed by atoms with Crippen LogP contribution in [0.2, 0.25) is 5.02 Å². The number of halogens is 4. The minimum absolute atomic E-state index is 0.0545. The summed E-state index contributed by atoms with van der Waals surface area (Å²) in [6.45, 7) is 5.43. The summed E-state index contributed by atoms with van der Waals surface area (Å²) < 4.78 is 46.1. The van der Waals surface area contributed by atoms with Crippen LogP contribution in [-0.4, -0.2) is 39.5 Å². The fraction of sp³-hybridized carbons (Fsp3) is 0.308. The second-order valence-electron chi connectivity index (χ2n) is 8.98. The van der Waals surface area contributed by atoms with Crippen molar-refractivity contribution in [3.63, 3.8) is 0 Å². The normalized spacial score (nSPS) is 12.0. The van der Waals surface area contributed by atoms with Gasteiger partial charge in [0.15, 0.2) is 0 Å². The number of carboxylic acids is 1. The van der Waals surface area contributed by atoms with E-state index < -0.39 is 28.7 Å². The van der Waals surface area contributed by atoms with E-state index in [9.17, 15) is 27.9 Å². The van der Waals surface area contributed by atoms with Crippen LogP contribution in [0.5, 0.6) is 5.75 Å². The number of rotatable bonds is 11. The number of nitrogens with zero attached hydrogens (tertiary/aromatic N) is 1. The average molecular weight is 571 g/mol. The predicted molar refractivity (Wildman–Crippen MR) is 138 cm³/mol. The van der Waals surface area contributed by atoms with Crippen molar-refractivity contribution in [1.29, 1.82) is 0 Å². The molecule has 0 spiro atoms. The number of hydrogen-bond acceptors (Lipinski definition) is 6. The SMILES string of the molecule is Cc1cc(OC(F)(F)F)c(Cl)cc1NC(=O)CN(Cc1ccc(SC(C)(C)C(=O)O)cc1)Cc1ccco1. The van der Waals surface area contributed by atoms with E-state index in [1.165, 1.54) is 31.0 Å². The zero-order valence-corrected chi connectivity index (χ0v) is 22.3. The standard InChI is InChI=1S/C26H26ClF3N2O5S/c1-16-11-22(37-26(28,29)30)20(27)12-21(16)31-23(33)15-32(14-18-5-4-10-36-18)13-17-6-8-19(9-7-17)38-25(2,3)24(34)35/h4-12H,13-15H2,1-3H3,(H,31,33)(H,34,35). The minimum Gasteiger partial charge on any atom is -0.480 e. The molecule has 0 saturated heterocycles. The summed E-state index contributed by atoms with van der Waals surface area (Å²) >= 11 is 7.16. The molecule has 0 fully saturated rings. The third kappa shape index (κ3) is 8.71. The molecule has 0 aliphatic heterocycles. The number of aliphatic carboxylic acids is 1. The molecular weight excluding hydrogens is 545 g/mol. The Hall–Kier alpha value is -3.15. The van der Waals surface area contributed by atoms with Gasteiger partial charge in [0.05, 0.1) is 24.4 Å². The Morgan fingerprint density at radius 2 is 1.82 bits per heavy atom. The van der Waals surface area contributed by atoms with E-state index in [4.69, 9.17) is 16.0 Å². The Morgan fingerprint density at radius 1 is 1.13 bits per heavy atom. The molecular formula is C26H26ClF3N2O5S. The van der Waals surface area contributed by atoms with Gasteiger partial charge in [-0.1, -0.05) is 23.7 Å². The van der Waals surface area contributed by atoms with Gasteiger partial charge in [-0.15, -0.1) is 24.9 Å². The number of carboxylic acid groups (broad SMARTS) is 1. The summed E-state index contributed by atoms with van der Waals surface area (Å²) in [6.07, 6.45) is -3.36. The van der Waals surface area contributed by atoms with Gasteiger partial charge in [-0.2, -0.15) is 0 Å². The Bertz CT molecular complexity index is 1270. The van der Waals surface area contributed by atoms with Crippen molar-refractivity contribution in [3.8, 4) is 5.75 Å². The Labute approximate surface area is 226 Å². The molecule has 7 nitrogen and oxygen atoms in total. The van der Waals surface area contributed by atoms with E-state index in [-0.39, 0.29) is 17.3 Å². The van der Waals surface area contributed by atoms with Gasteiger partial charge in [-0.05, 0) is 68.3 Å². The molecule has 2 aromatic carbocycles. The lowest BCUT2D eigenvalue weighted by molar-refractivity contribution is -0.274. The third-order valence-corrected chi connectivity index (χ3v) is 6.81. The lowest BCUT2D eigenvalue weighted by atomic mass is 10.2. The van der Waals surface area contributed by atoms with Crippen LogP contribution in [0, 0.1) is 6.92 Å². The highest BCUT2D eigenvalue weighted by Crippen LogP contribution is 2.35. The number of ether oxygens (including phenoxy) is 1. The van der Waals surface area contributed by atoms with Crippen molar-refractivity contribution in [2.75, 3.05) is 11.9 Å². The number of anilines is 1. The molecule has 0 bridgehead atoms. The smallest absolute Gasteiger partial charge is 0.480 e. The van der Waals surface area contributed by atoms with Crippen LogP contribution < -0.4 is 10.1 Å². The lowest BCUT2D eigenvalue weighted by Gasteiger charge is -2.22. The maximum atomic E-state index is 12.9. The summed E-state index contributed by atoms with van der Waals surface area (Å²) in [4.78, 5) is 26.9. The first-order valence-electron chi connectivity index (χ1n) is 11.3. The van der Waals surface area contributed by atoms with Crippen LogP contribution in [0.1, 0.15) is 30.7 Å². The van der Waals surface area contributed by atoms with Crippen molar-refractivity contribution >= 4 is 40.9 Å². The number of hydrogen-bond donors (Lipinski definition) is 2. The number of furan rings is 1. The molecule has 0 radical (unpaired) electrons. The maximum Gasteiger partial charge on any atom is 0.573 e. The van der Waals surface area contributed by atoms with Crippen molar-refractivity contribution in [3.05, 3.63) is 76.7 Å². The zero-order valence-electron chi connectivity index (χ0n) is 20.8. The topological polar surface area (TPSA) is 92.0 Å². The highest BCUT2D eigenvalue weighted by atomic mass is 35.5. The number of aryl methyl sites for hydroxylation is 1. The van der Waals surface area contributed by atoms with Crippen molar-refractivity contribution in [2.45, 2.75) is 49.9 Å². The summed E-state index contributed by atoms with van der Waals surface area (Å²) in [5.74, 6) is -1.24. The second-order valence-corrected chi connectivity index (χ2v) is 11.1. The van der Waals surface area contributed by atoms with Gasteiger partial charge >= 0.3 is 12.3 Å². The van der Waals surface area contributed by atoms with E-state index in [0.717, 1.165) is 16.5 Å². The van der Waals surface area contributed by atoms with Gasteiger partial charge in [-0.25, -0.2) is 0 Å². The van der Waals surface area contributed by atoms with E-state index in [2.05, 4.69) is 10.1 Å². The molecule has 204 valence electrons. The molecule has 0 aliphatic rings. The van der Waals surface area contributed by atoms with Crippen LogP contribution >= 0.6 is 23.4 Å². The van der Waals surface area contributed by atoms with Gasteiger partial charge < -0.3 is 19.6 Å². The Balaban J connectivity index is 1.71. The number of carbonyl (C=O) groups excluding carboxylic acids is 1. The number of nitrogens with one attached hydrogen (secondary N) is 1. The molecule has 38 heavy (non-hydrogen) atoms. The molecule has 2 N–H and O–H groups in total. The molecule has 12 heteroatoms. The van der Waals surface area contributed by atoms with Crippen molar-refractivity contribution in [2.24, 2.45) is 0 Å². The summed E-state index contributed by atoms with van der Waals surface area (Å²) in [5.41, 5.74) is 1.49. The van der Waals surface area contributed by atoms with Crippen molar-refractivity contribution < 1.29 is 37.0 Å². The van der Waals surface area contributed by atoms with Gasteiger partial charge in [0.2, 0.25) is 5.91 Å². The molecule has 0 unspecified atom stereocenters. The number of benzene rings is 2. The van der Waals surface area contributed by atoms with Crippen LogP contribution in [0.25, 0.3) is 0 Å². The van der Waals surface area contributed by atoms with E-state index in [1.54, 1.807) is 26.0 Å². The van der Waals surface area contributed by atoms with E-state index in [1.807, 2.05) is 29.2 Å². The molecule has 1 heterocycles. The van der Waals surface area contributed by atoms with E-state index in [0.29, 0.717) is 24.4 Å². The van der Waals surface area contributed by atoms with Gasteiger partial charge in [-0.3, -0.25) is 14.5 Å². The average Bonchev–Trinajstić information content (AvgIpc) is 3.30. The molecule has 0 aliphatic carbocycles. The molecule has 1 amide bonds. The Kier molecular flexibility index (Phi) is 9.40. The van der Waals surface area contributed by atoms with Crippen LogP contribution in [0.4, 0.5) is 18.9 Å². The molecule has 3 rings (SSSR count). The molecule has 0 atom stereocenters. The minimum atomic E-state index is -4.89. The molecule has 0 saturated carbocycles. The first-order valence-corrected chi connectivity index (χ1v) is 12.5.